The van der Waals surface area contributed by atoms with Crippen LogP contribution < -0.4 is 11.1 Å². The maximum atomic E-state index is 6.08. The molecular formula is C15H19BrClN5. The molecule has 3 rings (SSSR count). The molecule has 2 unspecified atom stereocenters. The van der Waals surface area contributed by atoms with Crippen molar-refractivity contribution in [2.45, 2.75) is 32.2 Å². The molecular weight excluding hydrogens is 366 g/mol. The summed E-state index contributed by atoms with van der Waals surface area (Å²) in [6.07, 6.45) is 7.20. The van der Waals surface area contributed by atoms with Crippen LogP contribution in [0.1, 0.15) is 30.9 Å². The summed E-state index contributed by atoms with van der Waals surface area (Å²) in [6.45, 7) is 2.90. The van der Waals surface area contributed by atoms with Crippen LogP contribution in [0.2, 0.25) is 5.02 Å². The Bertz CT molecular complexity index is 652. The summed E-state index contributed by atoms with van der Waals surface area (Å²) in [6, 6.07) is 2.29. The molecule has 118 valence electrons. The van der Waals surface area contributed by atoms with Crippen molar-refractivity contribution < 1.29 is 0 Å². The van der Waals surface area contributed by atoms with E-state index < -0.39 is 0 Å². The molecule has 2 aromatic heterocycles. The molecule has 0 bridgehead atoms. The first-order chi connectivity index (χ1) is 10.5. The largest absolute Gasteiger partial charge is 0.382 e. The van der Waals surface area contributed by atoms with Crippen molar-refractivity contribution in [3.63, 3.8) is 0 Å². The van der Waals surface area contributed by atoms with E-state index in [0.717, 1.165) is 35.2 Å². The lowest BCUT2D eigenvalue weighted by Crippen LogP contribution is -2.13. The minimum absolute atomic E-state index is 0.448. The van der Waals surface area contributed by atoms with Crippen LogP contribution in [0, 0.1) is 12.8 Å². The minimum Gasteiger partial charge on any atom is -0.382 e. The van der Waals surface area contributed by atoms with Gasteiger partial charge in [0, 0.05) is 30.6 Å². The Balaban J connectivity index is 1.55. The zero-order valence-electron chi connectivity index (χ0n) is 12.4. The van der Waals surface area contributed by atoms with Crippen LogP contribution in [-0.2, 0) is 0 Å². The van der Waals surface area contributed by atoms with Gasteiger partial charge in [0.2, 0.25) is 0 Å². The van der Waals surface area contributed by atoms with Gasteiger partial charge in [-0.15, -0.1) is 0 Å². The van der Waals surface area contributed by atoms with Gasteiger partial charge in [0.15, 0.2) is 0 Å². The molecule has 1 saturated carbocycles. The van der Waals surface area contributed by atoms with Crippen LogP contribution in [0.3, 0.4) is 0 Å². The van der Waals surface area contributed by atoms with Crippen LogP contribution in [0.5, 0.6) is 0 Å². The summed E-state index contributed by atoms with van der Waals surface area (Å²) in [5, 5.41) is 8.45. The fourth-order valence-corrected chi connectivity index (χ4v) is 3.29. The molecule has 22 heavy (non-hydrogen) atoms. The van der Waals surface area contributed by atoms with Gasteiger partial charge in [-0.25, -0.2) is 4.98 Å². The van der Waals surface area contributed by atoms with Gasteiger partial charge in [0.25, 0.3) is 0 Å². The van der Waals surface area contributed by atoms with E-state index in [1.54, 1.807) is 6.20 Å². The Morgan fingerprint density at radius 3 is 3.00 bits per heavy atom. The Labute approximate surface area is 143 Å². The number of halogens is 2. The molecule has 0 aromatic carbocycles. The Hall–Kier alpha value is -1.27. The van der Waals surface area contributed by atoms with Gasteiger partial charge >= 0.3 is 0 Å². The number of rotatable bonds is 4. The molecule has 0 saturated heterocycles. The highest BCUT2D eigenvalue weighted by Crippen LogP contribution is 2.35. The number of hydrogen-bond donors (Lipinski definition) is 2. The number of aryl methyl sites for hydroxylation is 1. The molecule has 1 fully saturated rings. The molecule has 0 radical (unpaired) electrons. The summed E-state index contributed by atoms with van der Waals surface area (Å²) in [5.41, 5.74) is 6.89. The average Bonchev–Trinajstić information content (AvgIpc) is 3.08. The van der Waals surface area contributed by atoms with Gasteiger partial charge in [-0.3, -0.25) is 4.68 Å². The molecule has 7 heteroatoms. The second kappa shape index (κ2) is 6.46. The third-order valence-electron chi connectivity index (χ3n) is 4.22. The summed E-state index contributed by atoms with van der Waals surface area (Å²) in [4.78, 5) is 4.32. The molecule has 0 spiro atoms. The van der Waals surface area contributed by atoms with Gasteiger partial charge in [0.1, 0.15) is 11.6 Å². The number of nitrogens with zero attached hydrogens (tertiary/aromatic N) is 3. The first kappa shape index (κ1) is 15.6. The summed E-state index contributed by atoms with van der Waals surface area (Å²) in [5.74, 6) is 2.06. The predicted octanol–water partition coefficient (Wildman–Crippen LogP) is 4.04. The number of aromatic nitrogens is 3. The summed E-state index contributed by atoms with van der Waals surface area (Å²) in [7, 11) is 0. The second-order valence-electron chi connectivity index (χ2n) is 5.87. The molecule has 5 nitrogen and oxygen atoms in total. The number of pyridine rings is 1. The van der Waals surface area contributed by atoms with Crippen LogP contribution in [0.25, 0.3) is 0 Å². The van der Waals surface area contributed by atoms with E-state index >= 15 is 0 Å². The Kier molecular flexibility index (Phi) is 4.59. The van der Waals surface area contributed by atoms with E-state index in [2.05, 4.69) is 31.3 Å². The summed E-state index contributed by atoms with van der Waals surface area (Å²) < 4.78 is 2.84. The first-order valence-electron chi connectivity index (χ1n) is 7.39. The number of hydrogen-bond acceptors (Lipinski definition) is 4. The van der Waals surface area contributed by atoms with Crippen molar-refractivity contribution in [2.24, 2.45) is 5.92 Å². The topological polar surface area (TPSA) is 68.8 Å². The predicted molar refractivity (Wildman–Crippen MR) is 93.2 cm³/mol. The Morgan fingerprint density at radius 2 is 2.32 bits per heavy atom. The second-order valence-corrected chi connectivity index (χ2v) is 7.14. The van der Waals surface area contributed by atoms with Gasteiger partial charge in [-0.2, -0.15) is 5.10 Å². The third kappa shape index (κ3) is 3.38. The van der Waals surface area contributed by atoms with Crippen LogP contribution in [0.4, 0.5) is 11.6 Å². The minimum atomic E-state index is 0.448. The SMILES string of the molecule is Cc1cn(C2CCC(CNc3cc(Cl)c(Br)cn3)C2)nc1N. The van der Waals surface area contributed by atoms with Crippen molar-refractivity contribution >= 4 is 39.2 Å². The highest BCUT2D eigenvalue weighted by molar-refractivity contribution is 9.10. The Morgan fingerprint density at radius 1 is 1.50 bits per heavy atom. The quantitative estimate of drug-likeness (QED) is 0.835. The molecule has 0 aliphatic heterocycles. The monoisotopic (exact) mass is 383 g/mol. The number of nitrogens with one attached hydrogen (secondary N) is 1. The van der Waals surface area contributed by atoms with Crippen molar-refractivity contribution in [1.82, 2.24) is 14.8 Å². The molecule has 1 aliphatic carbocycles. The highest BCUT2D eigenvalue weighted by atomic mass is 79.9. The molecule has 0 amide bonds. The fraction of sp³-hybridized carbons (Fsp3) is 0.467. The van der Waals surface area contributed by atoms with Gasteiger partial charge < -0.3 is 11.1 Å². The smallest absolute Gasteiger partial charge is 0.148 e. The van der Waals surface area contributed by atoms with E-state index in [4.69, 9.17) is 17.3 Å². The highest BCUT2D eigenvalue weighted by Gasteiger charge is 2.26. The molecule has 2 heterocycles. The van der Waals surface area contributed by atoms with E-state index in [1.165, 1.54) is 6.42 Å². The summed E-state index contributed by atoms with van der Waals surface area (Å²) >= 11 is 9.43. The van der Waals surface area contributed by atoms with E-state index in [1.807, 2.05) is 23.9 Å². The van der Waals surface area contributed by atoms with Gasteiger partial charge in [0.05, 0.1) is 15.5 Å². The van der Waals surface area contributed by atoms with Crippen molar-refractivity contribution in [3.05, 3.63) is 33.5 Å². The molecule has 3 N–H and O–H groups in total. The molecule has 1 aliphatic rings. The lowest BCUT2D eigenvalue weighted by atomic mass is 10.1. The lowest BCUT2D eigenvalue weighted by Gasteiger charge is -2.13. The van der Waals surface area contributed by atoms with Gasteiger partial charge in [-0.1, -0.05) is 11.6 Å². The van der Waals surface area contributed by atoms with Crippen molar-refractivity contribution in [1.29, 1.82) is 0 Å². The van der Waals surface area contributed by atoms with E-state index in [-0.39, 0.29) is 0 Å². The maximum absolute atomic E-state index is 6.08. The third-order valence-corrected chi connectivity index (χ3v) is 5.39. The molecule has 2 aromatic rings. The lowest BCUT2D eigenvalue weighted by molar-refractivity contribution is 0.447. The van der Waals surface area contributed by atoms with Crippen molar-refractivity contribution in [3.8, 4) is 0 Å². The number of nitrogen functional groups attached to an aromatic ring is 1. The van der Waals surface area contributed by atoms with E-state index in [9.17, 15) is 0 Å². The van der Waals surface area contributed by atoms with Crippen LogP contribution in [-0.4, -0.2) is 21.3 Å². The van der Waals surface area contributed by atoms with Crippen LogP contribution >= 0.6 is 27.5 Å². The molecule has 2 atom stereocenters. The van der Waals surface area contributed by atoms with E-state index in [0.29, 0.717) is 22.8 Å². The zero-order chi connectivity index (χ0) is 15.7. The number of anilines is 2. The van der Waals surface area contributed by atoms with Gasteiger partial charge in [-0.05, 0) is 48.0 Å². The standard InChI is InChI=1S/C15H19BrClN5/c1-9-8-22(21-15(9)18)11-3-2-10(4-11)6-19-14-5-13(17)12(16)7-20-14/h5,7-8,10-11H,2-4,6H2,1H3,(H2,18,21)(H,19,20). The van der Waals surface area contributed by atoms with Crippen LogP contribution in [0.15, 0.2) is 22.9 Å². The average molecular weight is 385 g/mol. The zero-order valence-corrected chi connectivity index (χ0v) is 14.7. The fourth-order valence-electron chi connectivity index (χ4n) is 2.92. The first-order valence-corrected chi connectivity index (χ1v) is 8.56. The normalized spacial score (nSPS) is 21.2. The van der Waals surface area contributed by atoms with Crippen molar-refractivity contribution in [2.75, 3.05) is 17.6 Å². The number of nitrogens with two attached hydrogens (primary N) is 1. The maximum Gasteiger partial charge on any atom is 0.148 e.